The highest BCUT2D eigenvalue weighted by atomic mass is 79.9. The number of hydrogen-bond donors (Lipinski definition) is 1. The van der Waals surface area contributed by atoms with Crippen LogP contribution in [0.2, 0.25) is 0 Å². The van der Waals surface area contributed by atoms with E-state index in [1.54, 1.807) is 24.3 Å². The first-order valence-corrected chi connectivity index (χ1v) is 11.2. The van der Waals surface area contributed by atoms with Crippen LogP contribution in [0.15, 0.2) is 57.9 Å². The molecule has 1 heterocycles. The molecule has 3 rings (SSSR count). The Bertz CT molecular complexity index is 896. The van der Waals surface area contributed by atoms with Gasteiger partial charge in [-0.15, -0.1) is 0 Å². The van der Waals surface area contributed by atoms with Gasteiger partial charge in [0.25, 0.3) is 0 Å². The van der Waals surface area contributed by atoms with Crippen molar-refractivity contribution in [3.63, 3.8) is 0 Å². The molecular formula is C20H23BrN2O3S. The molecule has 0 aromatic heterocycles. The van der Waals surface area contributed by atoms with Gasteiger partial charge in [0.2, 0.25) is 15.9 Å². The van der Waals surface area contributed by atoms with Crippen LogP contribution in [0.5, 0.6) is 0 Å². The Morgan fingerprint density at radius 2 is 1.78 bits per heavy atom. The maximum absolute atomic E-state index is 13.1. The van der Waals surface area contributed by atoms with Crippen LogP contribution in [0.3, 0.4) is 0 Å². The Balaban J connectivity index is 1.73. The molecule has 2 aromatic carbocycles. The summed E-state index contributed by atoms with van der Waals surface area (Å²) < 4.78 is 28.6. The molecule has 5 nitrogen and oxygen atoms in total. The topological polar surface area (TPSA) is 66.5 Å². The number of halogens is 1. The van der Waals surface area contributed by atoms with Crippen molar-refractivity contribution in [2.45, 2.75) is 43.5 Å². The first-order chi connectivity index (χ1) is 12.9. The molecule has 1 amide bonds. The summed E-state index contributed by atoms with van der Waals surface area (Å²) in [6, 6.07) is 13.9. The summed E-state index contributed by atoms with van der Waals surface area (Å²) >= 11 is 3.36. The molecule has 7 heteroatoms. The largest absolute Gasteiger partial charge is 0.326 e. The van der Waals surface area contributed by atoms with Gasteiger partial charge < -0.3 is 5.32 Å². The van der Waals surface area contributed by atoms with Crippen molar-refractivity contribution < 1.29 is 13.2 Å². The average molecular weight is 451 g/mol. The second-order valence-corrected chi connectivity index (χ2v) is 9.64. The van der Waals surface area contributed by atoms with Crippen LogP contribution in [0.4, 0.5) is 5.69 Å². The third kappa shape index (κ3) is 4.97. The Labute approximate surface area is 169 Å². The molecule has 1 fully saturated rings. The van der Waals surface area contributed by atoms with Gasteiger partial charge in [-0.2, -0.15) is 4.31 Å². The summed E-state index contributed by atoms with van der Waals surface area (Å²) in [6.45, 7) is 2.37. The predicted molar refractivity (Wildman–Crippen MR) is 110 cm³/mol. The second kappa shape index (κ2) is 8.54. The number of carbonyl (C=O) groups is 1. The number of aryl methyl sites for hydroxylation is 1. The number of anilines is 1. The molecule has 144 valence electrons. The van der Waals surface area contributed by atoms with Crippen molar-refractivity contribution in [1.29, 1.82) is 0 Å². The monoisotopic (exact) mass is 450 g/mol. The molecular weight excluding hydrogens is 428 g/mol. The molecule has 27 heavy (non-hydrogen) atoms. The first-order valence-electron chi connectivity index (χ1n) is 9.00. The normalized spacial score (nSPS) is 18.2. The molecule has 0 spiro atoms. The minimum Gasteiger partial charge on any atom is -0.326 e. The van der Waals surface area contributed by atoms with Crippen LogP contribution >= 0.6 is 15.9 Å². The number of amides is 1. The van der Waals surface area contributed by atoms with E-state index in [1.165, 1.54) is 4.31 Å². The second-order valence-electron chi connectivity index (χ2n) is 6.84. The highest BCUT2D eigenvalue weighted by Gasteiger charge is 2.34. The number of nitrogens with one attached hydrogen (secondary N) is 1. The van der Waals surface area contributed by atoms with E-state index in [2.05, 4.69) is 21.2 Å². The van der Waals surface area contributed by atoms with Gasteiger partial charge in [0.05, 0.1) is 4.90 Å². The van der Waals surface area contributed by atoms with E-state index in [4.69, 9.17) is 0 Å². The lowest BCUT2D eigenvalue weighted by Gasteiger charge is -2.34. The van der Waals surface area contributed by atoms with Gasteiger partial charge in [0.1, 0.15) is 0 Å². The third-order valence-electron chi connectivity index (χ3n) is 4.75. The standard InChI is InChI=1S/C20H23BrN2O3S/c1-15-5-11-19(12-6-15)27(25,26)23-13-3-2-4-18(23)14-20(24)22-17-9-7-16(21)8-10-17/h5-12,18H,2-4,13-14H2,1H3,(H,22,24)/t18-/m0/s1. The van der Waals surface area contributed by atoms with Crippen LogP contribution in [0.1, 0.15) is 31.2 Å². The fourth-order valence-electron chi connectivity index (χ4n) is 3.30. The van der Waals surface area contributed by atoms with E-state index < -0.39 is 10.0 Å². The van der Waals surface area contributed by atoms with Gasteiger partial charge in [-0.3, -0.25) is 4.79 Å². The summed E-state index contributed by atoms with van der Waals surface area (Å²) in [5, 5.41) is 2.85. The average Bonchev–Trinajstić information content (AvgIpc) is 2.64. The molecule has 2 aromatic rings. The van der Waals surface area contributed by atoms with Crippen molar-refractivity contribution >= 4 is 37.5 Å². The van der Waals surface area contributed by atoms with Crippen molar-refractivity contribution in [3.05, 3.63) is 58.6 Å². The highest BCUT2D eigenvalue weighted by Crippen LogP contribution is 2.27. The summed E-state index contributed by atoms with van der Waals surface area (Å²) in [5.74, 6) is -0.173. The van der Waals surface area contributed by atoms with Crippen LogP contribution in [-0.2, 0) is 14.8 Å². The summed E-state index contributed by atoms with van der Waals surface area (Å²) in [7, 11) is -3.60. The van der Waals surface area contributed by atoms with Crippen molar-refractivity contribution in [2.75, 3.05) is 11.9 Å². The zero-order chi connectivity index (χ0) is 19.4. The smallest absolute Gasteiger partial charge is 0.243 e. The fraction of sp³-hybridized carbons (Fsp3) is 0.350. The number of carbonyl (C=O) groups excluding carboxylic acids is 1. The van der Waals surface area contributed by atoms with Gasteiger partial charge >= 0.3 is 0 Å². The SMILES string of the molecule is Cc1ccc(S(=O)(=O)N2CCCC[C@H]2CC(=O)Nc2ccc(Br)cc2)cc1. The van der Waals surface area contributed by atoms with Crippen LogP contribution in [-0.4, -0.2) is 31.2 Å². The van der Waals surface area contributed by atoms with E-state index in [0.29, 0.717) is 18.7 Å². The lowest BCUT2D eigenvalue weighted by molar-refractivity contribution is -0.117. The van der Waals surface area contributed by atoms with Gasteiger partial charge in [0, 0.05) is 29.2 Å². The van der Waals surface area contributed by atoms with E-state index in [-0.39, 0.29) is 23.3 Å². The van der Waals surface area contributed by atoms with E-state index >= 15 is 0 Å². The molecule has 1 aliphatic rings. The maximum Gasteiger partial charge on any atom is 0.243 e. The quantitative estimate of drug-likeness (QED) is 0.736. The summed E-state index contributed by atoms with van der Waals surface area (Å²) in [5.41, 5.74) is 1.71. The zero-order valence-electron chi connectivity index (χ0n) is 15.2. The minimum atomic E-state index is -3.60. The van der Waals surface area contributed by atoms with Gasteiger partial charge in [0.15, 0.2) is 0 Å². The highest BCUT2D eigenvalue weighted by molar-refractivity contribution is 9.10. The molecule has 1 atom stereocenters. The van der Waals surface area contributed by atoms with Crippen molar-refractivity contribution in [2.24, 2.45) is 0 Å². The molecule has 0 aliphatic carbocycles. The Morgan fingerprint density at radius 3 is 2.44 bits per heavy atom. The summed E-state index contributed by atoms with van der Waals surface area (Å²) in [6.07, 6.45) is 2.59. The van der Waals surface area contributed by atoms with Crippen molar-refractivity contribution in [1.82, 2.24) is 4.31 Å². The molecule has 1 saturated heterocycles. The number of hydrogen-bond acceptors (Lipinski definition) is 3. The lowest BCUT2D eigenvalue weighted by Crippen LogP contribution is -2.45. The summed E-state index contributed by atoms with van der Waals surface area (Å²) in [4.78, 5) is 12.8. The van der Waals surface area contributed by atoms with E-state index in [0.717, 1.165) is 22.9 Å². The van der Waals surface area contributed by atoms with Crippen LogP contribution in [0.25, 0.3) is 0 Å². The van der Waals surface area contributed by atoms with E-state index in [1.807, 2.05) is 31.2 Å². The van der Waals surface area contributed by atoms with Crippen LogP contribution in [0, 0.1) is 6.92 Å². The molecule has 1 N–H and O–H groups in total. The first kappa shape index (κ1) is 20.0. The van der Waals surface area contributed by atoms with Gasteiger partial charge in [-0.05, 0) is 56.2 Å². The number of sulfonamides is 1. The number of benzene rings is 2. The van der Waals surface area contributed by atoms with E-state index in [9.17, 15) is 13.2 Å². The molecule has 0 bridgehead atoms. The zero-order valence-corrected chi connectivity index (χ0v) is 17.6. The van der Waals surface area contributed by atoms with Crippen LogP contribution < -0.4 is 5.32 Å². The number of piperidine rings is 1. The predicted octanol–water partition coefficient (Wildman–Crippen LogP) is 4.33. The Hall–Kier alpha value is -1.70. The third-order valence-corrected chi connectivity index (χ3v) is 7.24. The molecule has 1 aliphatic heterocycles. The fourth-order valence-corrected chi connectivity index (χ4v) is 5.26. The maximum atomic E-state index is 13.1. The number of nitrogens with zero attached hydrogens (tertiary/aromatic N) is 1. The Morgan fingerprint density at radius 1 is 1.11 bits per heavy atom. The molecule has 0 unspecified atom stereocenters. The van der Waals surface area contributed by atoms with Gasteiger partial charge in [-0.25, -0.2) is 8.42 Å². The number of rotatable bonds is 5. The Kier molecular flexibility index (Phi) is 6.34. The molecule has 0 radical (unpaired) electrons. The lowest BCUT2D eigenvalue weighted by atomic mass is 10.0. The minimum absolute atomic E-state index is 0.154. The van der Waals surface area contributed by atoms with Crippen molar-refractivity contribution in [3.8, 4) is 0 Å². The van der Waals surface area contributed by atoms with Gasteiger partial charge in [-0.1, -0.05) is 40.0 Å². The molecule has 0 saturated carbocycles.